The van der Waals surface area contributed by atoms with E-state index in [-0.39, 0.29) is 35.6 Å². The zero-order valence-corrected chi connectivity index (χ0v) is 18.2. The van der Waals surface area contributed by atoms with Gasteiger partial charge in [0.15, 0.2) is 0 Å². The number of amides is 3. The van der Waals surface area contributed by atoms with Crippen LogP contribution in [0.5, 0.6) is 0 Å². The monoisotopic (exact) mass is 398 g/mol. The maximum absolute atomic E-state index is 13.4. The number of aryl methyl sites for hydroxylation is 1. The van der Waals surface area contributed by atoms with Gasteiger partial charge in [0.05, 0.1) is 12.1 Å². The van der Waals surface area contributed by atoms with Crippen LogP contribution in [0.15, 0.2) is 24.3 Å². The molecule has 1 saturated carbocycles. The van der Waals surface area contributed by atoms with Crippen LogP contribution in [0.1, 0.15) is 77.7 Å². The molecule has 0 radical (unpaired) electrons. The van der Waals surface area contributed by atoms with Crippen LogP contribution < -0.4 is 4.90 Å². The molecule has 1 aromatic carbocycles. The Morgan fingerprint density at radius 3 is 2.17 bits per heavy atom. The van der Waals surface area contributed by atoms with Crippen molar-refractivity contribution in [1.82, 2.24) is 4.90 Å². The van der Waals surface area contributed by atoms with Crippen molar-refractivity contribution in [2.24, 2.45) is 5.41 Å². The molecule has 3 rings (SSSR count). The van der Waals surface area contributed by atoms with E-state index in [1.165, 1.54) is 17.7 Å². The second-order valence-corrected chi connectivity index (χ2v) is 9.81. The number of carbonyl (C=O) groups is 3. The topological polar surface area (TPSA) is 57.7 Å². The van der Waals surface area contributed by atoms with Crippen molar-refractivity contribution in [3.05, 3.63) is 29.8 Å². The summed E-state index contributed by atoms with van der Waals surface area (Å²) in [4.78, 5) is 42.6. The Balaban J connectivity index is 1.90. The van der Waals surface area contributed by atoms with Gasteiger partial charge in [-0.2, -0.15) is 0 Å². The summed E-state index contributed by atoms with van der Waals surface area (Å²) >= 11 is 0. The smallest absolute Gasteiger partial charge is 0.257 e. The number of hydrogen-bond donors (Lipinski definition) is 0. The van der Waals surface area contributed by atoms with Gasteiger partial charge in [0, 0.05) is 12.5 Å². The van der Waals surface area contributed by atoms with Gasteiger partial charge in [-0.3, -0.25) is 14.4 Å². The summed E-state index contributed by atoms with van der Waals surface area (Å²) in [6.07, 6.45) is 6.78. The van der Waals surface area contributed by atoms with Crippen LogP contribution in [0.4, 0.5) is 5.69 Å². The summed E-state index contributed by atoms with van der Waals surface area (Å²) in [6.45, 7) is 8.09. The van der Waals surface area contributed by atoms with Gasteiger partial charge in [-0.15, -0.1) is 0 Å². The Hall–Kier alpha value is -2.17. The molecule has 2 fully saturated rings. The molecule has 0 bridgehead atoms. The summed E-state index contributed by atoms with van der Waals surface area (Å²) in [5.41, 5.74) is 1.50. The zero-order valence-electron chi connectivity index (χ0n) is 18.2. The van der Waals surface area contributed by atoms with Gasteiger partial charge >= 0.3 is 0 Å². The SMILES string of the molecule is Cc1ccc(N2C(=O)CC(N(C(=O)CC(C)(C)C)C3CCCCCC3)C2=O)cc1. The normalized spacial score (nSPS) is 21.4. The number of anilines is 1. The van der Waals surface area contributed by atoms with Gasteiger partial charge in [0.25, 0.3) is 5.91 Å². The Labute approximate surface area is 174 Å². The number of imide groups is 1. The second-order valence-electron chi connectivity index (χ2n) is 9.81. The number of rotatable bonds is 4. The first-order chi connectivity index (χ1) is 13.7. The highest BCUT2D eigenvalue weighted by Gasteiger charge is 2.46. The third kappa shape index (κ3) is 5.06. The maximum atomic E-state index is 13.4. The van der Waals surface area contributed by atoms with Crippen LogP contribution in [-0.4, -0.2) is 34.7 Å². The van der Waals surface area contributed by atoms with E-state index in [2.05, 4.69) is 0 Å². The van der Waals surface area contributed by atoms with Crippen molar-refractivity contribution < 1.29 is 14.4 Å². The van der Waals surface area contributed by atoms with Crippen LogP contribution in [0.3, 0.4) is 0 Å². The Morgan fingerprint density at radius 2 is 1.62 bits per heavy atom. The maximum Gasteiger partial charge on any atom is 0.257 e. The van der Waals surface area contributed by atoms with Crippen LogP contribution >= 0.6 is 0 Å². The minimum Gasteiger partial charge on any atom is -0.327 e. The molecule has 1 aliphatic heterocycles. The summed E-state index contributed by atoms with van der Waals surface area (Å²) < 4.78 is 0. The molecule has 5 heteroatoms. The van der Waals surface area contributed by atoms with Crippen LogP contribution in [0, 0.1) is 12.3 Å². The lowest BCUT2D eigenvalue weighted by atomic mass is 9.90. The fourth-order valence-electron chi connectivity index (χ4n) is 4.51. The Bertz CT molecular complexity index is 755. The van der Waals surface area contributed by atoms with Crippen molar-refractivity contribution in [2.45, 2.75) is 91.1 Å². The van der Waals surface area contributed by atoms with E-state index in [1.807, 2.05) is 39.8 Å². The minimum atomic E-state index is -0.679. The molecule has 0 N–H and O–H groups in total. The van der Waals surface area contributed by atoms with E-state index in [1.54, 1.807) is 17.0 Å². The number of benzene rings is 1. The van der Waals surface area contributed by atoms with Crippen LogP contribution in [0.2, 0.25) is 0 Å². The average Bonchev–Trinajstić information content (AvgIpc) is 2.80. The van der Waals surface area contributed by atoms with E-state index < -0.39 is 6.04 Å². The van der Waals surface area contributed by atoms with Gasteiger partial charge in [0.2, 0.25) is 11.8 Å². The Morgan fingerprint density at radius 1 is 1.03 bits per heavy atom. The van der Waals surface area contributed by atoms with E-state index >= 15 is 0 Å². The minimum absolute atomic E-state index is 0.00121. The highest BCUT2D eigenvalue weighted by molar-refractivity contribution is 6.23. The molecule has 5 nitrogen and oxygen atoms in total. The third-order valence-corrected chi connectivity index (χ3v) is 5.94. The van der Waals surface area contributed by atoms with Crippen molar-refractivity contribution in [3.8, 4) is 0 Å². The molecular weight excluding hydrogens is 364 g/mol. The van der Waals surface area contributed by atoms with Crippen molar-refractivity contribution in [3.63, 3.8) is 0 Å². The number of hydrogen-bond acceptors (Lipinski definition) is 3. The second kappa shape index (κ2) is 8.68. The highest BCUT2D eigenvalue weighted by atomic mass is 16.2. The fourth-order valence-corrected chi connectivity index (χ4v) is 4.51. The molecule has 2 aliphatic rings. The lowest BCUT2D eigenvalue weighted by Crippen LogP contribution is -2.51. The van der Waals surface area contributed by atoms with E-state index in [4.69, 9.17) is 0 Å². The standard InChI is InChI=1S/C24H34N2O3/c1-17-11-13-19(14-12-17)26-21(27)15-20(23(26)29)25(22(28)16-24(2,3)4)18-9-7-5-6-8-10-18/h11-14,18,20H,5-10,15-16H2,1-4H3. The first-order valence-electron chi connectivity index (χ1n) is 10.9. The zero-order chi connectivity index (χ0) is 21.2. The predicted molar refractivity (Wildman–Crippen MR) is 114 cm³/mol. The van der Waals surface area contributed by atoms with E-state index in [0.29, 0.717) is 12.1 Å². The predicted octanol–water partition coefficient (Wildman–Crippen LogP) is 4.61. The quantitative estimate of drug-likeness (QED) is 0.549. The molecule has 1 atom stereocenters. The van der Waals surface area contributed by atoms with E-state index in [9.17, 15) is 14.4 Å². The molecule has 158 valence electrons. The molecule has 1 unspecified atom stereocenters. The average molecular weight is 399 g/mol. The summed E-state index contributed by atoms with van der Waals surface area (Å²) in [6, 6.07) is 6.78. The molecule has 1 aromatic rings. The third-order valence-electron chi connectivity index (χ3n) is 5.94. The Kier molecular flexibility index (Phi) is 6.45. The van der Waals surface area contributed by atoms with Gasteiger partial charge in [-0.1, -0.05) is 64.2 Å². The first kappa shape index (κ1) is 21.5. The lowest BCUT2D eigenvalue weighted by molar-refractivity contribution is -0.143. The molecule has 1 saturated heterocycles. The van der Waals surface area contributed by atoms with Gasteiger partial charge in [0.1, 0.15) is 6.04 Å². The van der Waals surface area contributed by atoms with Crippen LogP contribution in [0.25, 0.3) is 0 Å². The van der Waals surface area contributed by atoms with Crippen molar-refractivity contribution in [1.29, 1.82) is 0 Å². The van der Waals surface area contributed by atoms with E-state index in [0.717, 1.165) is 31.2 Å². The first-order valence-corrected chi connectivity index (χ1v) is 10.9. The molecule has 3 amide bonds. The van der Waals surface area contributed by atoms with Crippen molar-refractivity contribution in [2.75, 3.05) is 4.90 Å². The molecule has 0 spiro atoms. The lowest BCUT2D eigenvalue weighted by Gasteiger charge is -2.36. The molecule has 1 heterocycles. The molecular formula is C24H34N2O3. The fraction of sp³-hybridized carbons (Fsp3) is 0.625. The number of nitrogens with zero attached hydrogens (tertiary/aromatic N) is 2. The number of carbonyl (C=O) groups excluding carboxylic acids is 3. The summed E-state index contributed by atoms with van der Waals surface area (Å²) in [5, 5.41) is 0. The van der Waals surface area contributed by atoms with Gasteiger partial charge in [-0.25, -0.2) is 4.90 Å². The molecule has 29 heavy (non-hydrogen) atoms. The van der Waals surface area contributed by atoms with Crippen LogP contribution in [-0.2, 0) is 14.4 Å². The van der Waals surface area contributed by atoms with Crippen molar-refractivity contribution >= 4 is 23.4 Å². The highest BCUT2D eigenvalue weighted by Crippen LogP contribution is 2.33. The van der Waals surface area contributed by atoms with Gasteiger partial charge < -0.3 is 4.90 Å². The summed E-state index contributed by atoms with van der Waals surface area (Å²) in [5.74, 6) is -0.474. The summed E-state index contributed by atoms with van der Waals surface area (Å²) in [7, 11) is 0. The van der Waals surface area contributed by atoms with Gasteiger partial charge in [-0.05, 0) is 37.3 Å². The largest absolute Gasteiger partial charge is 0.327 e. The molecule has 1 aliphatic carbocycles. The molecule has 0 aromatic heterocycles.